The highest BCUT2D eigenvalue weighted by molar-refractivity contribution is 7.89. The Morgan fingerprint density at radius 3 is 2.38 bits per heavy atom. The van der Waals surface area contributed by atoms with Crippen molar-refractivity contribution in [3.8, 4) is 0 Å². The second-order valence-corrected chi connectivity index (χ2v) is 6.96. The highest BCUT2D eigenvalue weighted by Gasteiger charge is 2.29. The summed E-state index contributed by atoms with van der Waals surface area (Å²) in [5.74, 6) is 0. The highest BCUT2D eigenvalue weighted by Crippen LogP contribution is 2.23. The zero-order valence-corrected chi connectivity index (χ0v) is 13.4. The van der Waals surface area contributed by atoms with Crippen LogP contribution in [0, 0.1) is 13.8 Å². The van der Waals surface area contributed by atoms with Gasteiger partial charge in [-0.25, -0.2) is 8.42 Å². The van der Waals surface area contributed by atoms with Crippen LogP contribution in [-0.4, -0.2) is 29.5 Å². The zero-order valence-electron chi connectivity index (χ0n) is 12.6. The monoisotopic (exact) mass is 307 g/mol. The van der Waals surface area contributed by atoms with Crippen LogP contribution >= 0.6 is 0 Å². The van der Waals surface area contributed by atoms with E-state index in [9.17, 15) is 8.42 Å². The summed E-state index contributed by atoms with van der Waals surface area (Å²) in [6, 6.07) is 9.63. The molecule has 114 valence electrons. The van der Waals surface area contributed by atoms with Crippen LogP contribution in [-0.2, 0) is 16.6 Å². The average molecular weight is 307 g/mol. The van der Waals surface area contributed by atoms with Crippen LogP contribution in [0.25, 0.3) is 0 Å². The fourth-order valence-electron chi connectivity index (χ4n) is 2.37. The maximum absolute atomic E-state index is 12.9. The van der Waals surface area contributed by atoms with E-state index in [1.807, 2.05) is 37.3 Å². The molecule has 1 aromatic heterocycles. The van der Waals surface area contributed by atoms with Crippen LogP contribution in [0.3, 0.4) is 0 Å². The molecule has 0 aliphatic carbocycles. The van der Waals surface area contributed by atoms with E-state index in [1.54, 1.807) is 13.8 Å². The summed E-state index contributed by atoms with van der Waals surface area (Å²) < 4.78 is 27.3. The summed E-state index contributed by atoms with van der Waals surface area (Å²) in [6.07, 6.45) is 0.766. The molecule has 2 aromatic rings. The minimum absolute atomic E-state index is 0.298. The average Bonchev–Trinajstić information content (AvgIpc) is 2.79. The molecule has 0 bridgehead atoms. The van der Waals surface area contributed by atoms with Gasteiger partial charge in [-0.1, -0.05) is 37.3 Å². The first-order valence-electron chi connectivity index (χ1n) is 7.02. The molecule has 0 unspecified atom stereocenters. The molecule has 1 heterocycles. The number of aromatic nitrogens is 2. The molecule has 0 aliphatic heterocycles. The van der Waals surface area contributed by atoms with E-state index >= 15 is 0 Å². The summed E-state index contributed by atoms with van der Waals surface area (Å²) in [5.41, 5.74) is 2.08. The van der Waals surface area contributed by atoms with Crippen LogP contribution in [0.2, 0.25) is 0 Å². The van der Waals surface area contributed by atoms with E-state index in [2.05, 4.69) is 10.2 Å². The third-order valence-corrected chi connectivity index (χ3v) is 5.44. The normalized spacial score (nSPS) is 12.0. The van der Waals surface area contributed by atoms with E-state index in [4.69, 9.17) is 0 Å². The van der Waals surface area contributed by atoms with Gasteiger partial charge in [0.25, 0.3) is 0 Å². The lowest BCUT2D eigenvalue weighted by molar-refractivity contribution is 0.405. The molecule has 0 saturated carbocycles. The number of hydrogen-bond acceptors (Lipinski definition) is 3. The van der Waals surface area contributed by atoms with Crippen LogP contribution < -0.4 is 0 Å². The van der Waals surface area contributed by atoms with Gasteiger partial charge in [-0.05, 0) is 25.8 Å². The van der Waals surface area contributed by atoms with Crippen LogP contribution in [0.15, 0.2) is 35.2 Å². The lowest BCUT2D eigenvalue weighted by atomic mass is 10.2. The fraction of sp³-hybridized carbons (Fsp3) is 0.400. The maximum Gasteiger partial charge on any atom is 0.247 e. The van der Waals surface area contributed by atoms with Gasteiger partial charge in [-0.2, -0.15) is 9.40 Å². The maximum atomic E-state index is 12.9. The van der Waals surface area contributed by atoms with E-state index in [1.165, 1.54) is 4.31 Å². The number of sulfonamides is 1. The quantitative estimate of drug-likeness (QED) is 0.892. The van der Waals surface area contributed by atoms with Crippen molar-refractivity contribution in [1.29, 1.82) is 0 Å². The third kappa shape index (κ3) is 3.33. The number of nitrogens with one attached hydrogen (secondary N) is 1. The first kappa shape index (κ1) is 15.7. The van der Waals surface area contributed by atoms with Crippen molar-refractivity contribution in [2.45, 2.75) is 38.6 Å². The molecule has 0 aliphatic rings. The Hall–Kier alpha value is -1.66. The zero-order chi connectivity index (χ0) is 15.5. The van der Waals surface area contributed by atoms with Crippen molar-refractivity contribution in [3.63, 3.8) is 0 Å². The first-order chi connectivity index (χ1) is 9.96. The minimum atomic E-state index is -3.54. The summed E-state index contributed by atoms with van der Waals surface area (Å²) in [5, 5.41) is 6.75. The lowest BCUT2D eigenvalue weighted by Crippen LogP contribution is -2.32. The van der Waals surface area contributed by atoms with Gasteiger partial charge in [-0.15, -0.1) is 0 Å². The predicted octanol–water partition coefficient (Wildman–Crippen LogP) is 2.63. The topological polar surface area (TPSA) is 66.1 Å². The van der Waals surface area contributed by atoms with Gasteiger partial charge in [0, 0.05) is 13.1 Å². The van der Waals surface area contributed by atoms with E-state index in [0.717, 1.165) is 12.0 Å². The van der Waals surface area contributed by atoms with Gasteiger partial charge in [0.15, 0.2) is 0 Å². The number of hydrogen-bond donors (Lipinski definition) is 1. The second-order valence-electron chi connectivity index (χ2n) is 5.09. The first-order valence-corrected chi connectivity index (χ1v) is 8.46. The van der Waals surface area contributed by atoms with Crippen LogP contribution in [0.1, 0.15) is 30.3 Å². The van der Waals surface area contributed by atoms with Gasteiger partial charge in [0.1, 0.15) is 4.90 Å². The van der Waals surface area contributed by atoms with Crippen molar-refractivity contribution in [1.82, 2.24) is 14.5 Å². The summed E-state index contributed by atoms with van der Waals surface area (Å²) in [4.78, 5) is 0.298. The smallest absolute Gasteiger partial charge is 0.247 e. The molecular formula is C15H21N3O2S. The van der Waals surface area contributed by atoms with Crippen LogP contribution in [0.4, 0.5) is 0 Å². The van der Waals surface area contributed by atoms with Crippen molar-refractivity contribution < 1.29 is 8.42 Å². The molecule has 6 heteroatoms. The molecule has 0 radical (unpaired) electrons. The molecule has 2 rings (SSSR count). The molecule has 21 heavy (non-hydrogen) atoms. The number of nitrogens with zero attached hydrogens (tertiary/aromatic N) is 2. The molecule has 1 aromatic carbocycles. The Morgan fingerprint density at radius 1 is 1.19 bits per heavy atom. The molecular weight excluding hydrogens is 286 g/mol. The molecule has 5 nitrogen and oxygen atoms in total. The van der Waals surface area contributed by atoms with Crippen molar-refractivity contribution in [2.24, 2.45) is 0 Å². The molecule has 0 fully saturated rings. The van der Waals surface area contributed by atoms with Gasteiger partial charge < -0.3 is 0 Å². The number of H-pyrrole nitrogens is 1. The van der Waals surface area contributed by atoms with Gasteiger partial charge in [-0.3, -0.25) is 5.10 Å². The number of rotatable bonds is 6. The van der Waals surface area contributed by atoms with Gasteiger partial charge in [0.2, 0.25) is 10.0 Å². The Balaban J connectivity index is 2.37. The van der Waals surface area contributed by atoms with Crippen molar-refractivity contribution in [3.05, 3.63) is 47.3 Å². The lowest BCUT2D eigenvalue weighted by Gasteiger charge is -2.22. The molecule has 0 saturated heterocycles. The number of benzene rings is 1. The number of aromatic amines is 1. The summed E-state index contributed by atoms with van der Waals surface area (Å²) in [7, 11) is -3.54. The second kappa shape index (κ2) is 6.41. The Morgan fingerprint density at radius 2 is 1.86 bits per heavy atom. The van der Waals surface area contributed by atoms with Crippen molar-refractivity contribution >= 4 is 10.0 Å². The molecule has 0 amide bonds. The summed E-state index contributed by atoms with van der Waals surface area (Å²) >= 11 is 0. The third-order valence-electron chi connectivity index (χ3n) is 3.33. The van der Waals surface area contributed by atoms with Gasteiger partial charge in [0.05, 0.1) is 11.4 Å². The largest absolute Gasteiger partial charge is 0.281 e. The van der Waals surface area contributed by atoms with E-state index in [-0.39, 0.29) is 0 Å². The van der Waals surface area contributed by atoms with Crippen LogP contribution in [0.5, 0.6) is 0 Å². The minimum Gasteiger partial charge on any atom is -0.281 e. The Labute approximate surface area is 126 Å². The van der Waals surface area contributed by atoms with Crippen molar-refractivity contribution in [2.75, 3.05) is 6.54 Å². The predicted molar refractivity (Wildman–Crippen MR) is 82.4 cm³/mol. The Kier molecular flexibility index (Phi) is 4.80. The Bertz CT molecular complexity index is 673. The fourth-order valence-corrected chi connectivity index (χ4v) is 4.22. The molecule has 0 spiro atoms. The SMILES string of the molecule is CCCN(Cc1ccccc1)S(=O)(=O)c1c(C)n[nH]c1C. The highest BCUT2D eigenvalue weighted by atomic mass is 32.2. The summed E-state index contributed by atoms with van der Waals surface area (Å²) in [6.45, 7) is 6.29. The molecule has 0 atom stereocenters. The van der Waals surface area contributed by atoms with Gasteiger partial charge >= 0.3 is 0 Å². The number of aryl methyl sites for hydroxylation is 2. The standard InChI is InChI=1S/C15H21N3O2S/c1-4-10-18(11-14-8-6-5-7-9-14)21(19,20)15-12(2)16-17-13(15)3/h5-9H,4,10-11H2,1-3H3,(H,16,17). The van der Waals surface area contributed by atoms with E-state index < -0.39 is 10.0 Å². The van der Waals surface area contributed by atoms with E-state index in [0.29, 0.717) is 29.4 Å². The molecule has 1 N–H and O–H groups in total.